The minimum absolute atomic E-state index is 0. The van der Waals surface area contributed by atoms with Gasteiger partial charge in [-0.05, 0) is 34.6 Å². The second-order valence-electron chi connectivity index (χ2n) is 25.9. The van der Waals surface area contributed by atoms with Gasteiger partial charge in [0, 0.05) is 112 Å². The van der Waals surface area contributed by atoms with E-state index in [-0.39, 0.29) is 144 Å². The van der Waals surface area contributed by atoms with Crippen molar-refractivity contribution in [2.24, 2.45) is 21.1 Å². The van der Waals surface area contributed by atoms with Crippen LogP contribution < -0.4 is 102 Å². The molecular weight excluding hydrogens is 1700 g/mol. The van der Waals surface area contributed by atoms with Crippen molar-refractivity contribution in [1.82, 2.24) is 68.0 Å². The fourth-order valence-corrected chi connectivity index (χ4v) is 28.6. The minimum atomic E-state index is -2.98. The molecule has 8 heterocycles. The summed E-state index contributed by atoms with van der Waals surface area (Å²) in [5.41, 5.74) is 7.62. The third-order valence-electron chi connectivity index (χ3n) is 16.5. The number of unbranched alkanes of at least 4 members (excludes halogenated alkanes) is 3. The molecular formula is C83H84Cl2F8Li3MgN14NaSSnZn. The van der Waals surface area contributed by atoms with E-state index in [1.54, 1.807) is 95.3 Å². The molecule has 14 aromatic rings. The van der Waals surface area contributed by atoms with Crippen LogP contribution in [0.2, 0.25) is 13.3 Å². The van der Waals surface area contributed by atoms with Crippen LogP contribution in [0, 0.1) is 97.0 Å². The van der Waals surface area contributed by atoms with Gasteiger partial charge in [0.05, 0.1) is 22.5 Å². The molecule has 0 radical (unpaired) electrons. The maximum atomic E-state index is 14.9. The van der Waals surface area contributed by atoms with Crippen LogP contribution in [0.15, 0.2) is 201 Å². The number of hydrogen-bond donors (Lipinski definition) is 0. The van der Waals surface area contributed by atoms with Crippen LogP contribution in [0.3, 0.4) is 0 Å². The van der Waals surface area contributed by atoms with E-state index in [0.717, 1.165) is 130 Å². The molecule has 14 rings (SSSR count). The molecule has 0 N–H and O–H groups in total. The zero-order chi connectivity index (χ0) is 79.0. The standard InChI is InChI=1S/C13H14NS.2C11H11N2.C9H6F2N3.3C9H5F2N2.3C4H9.2ClH.3Li.Mg.Na.Sn.Zn/c1-13(2,3)12-14-11(9-15-12)10-7-5-4-6-8-10;2*1-9-4-3-5-10(8-9)11-12-6-7-13(11)2;1-14-5-4-12-9(14)6-2-3-7(10)13-8(6)11;3*10-7-2-3-9(8(11)6-7)13-5-1-4-12-13;3*1-3-4-2;;;;;;;;;/h4-7,9H,1-3H3;2*3-4,6-8H,1-2H3;3-5H,1H3;3*1-2,4-6H;3*1,3-4H2,2H3;2*1H;;;;;;;/q4*-1;;2*-1;;;;;;3*+1;+2;+1;;+2/p-2. The van der Waals surface area contributed by atoms with Crippen molar-refractivity contribution < 1.29 is 151 Å². The molecule has 0 saturated heterocycles. The van der Waals surface area contributed by atoms with E-state index in [1.807, 2.05) is 84.2 Å². The summed E-state index contributed by atoms with van der Waals surface area (Å²) in [4.78, 5) is 20.1. The van der Waals surface area contributed by atoms with Crippen LogP contribution in [0.4, 0.5) is 35.1 Å². The van der Waals surface area contributed by atoms with Crippen LogP contribution >= 0.6 is 21.0 Å². The topological polar surface area (TPSA) is 133 Å². The normalized spacial score (nSPS) is 10.2. The van der Waals surface area contributed by atoms with Gasteiger partial charge in [0.15, 0.2) is 0 Å². The van der Waals surface area contributed by atoms with Crippen molar-refractivity contribution >= 4 is 66.0 Å². The molecule has 8 aromatic heterocycles. The Bertz CT molecular complexity index is 4840. The summed E-state index contributed by atoms with van der Waals surface area (Å²) in [5, 5.41) is 15.2. The Morgan fingerprint density at radius 1 is 0.487 bits per heavy atom. The summed E-state index contributed by atoms with van der Waals surface area (Å²) >= 11 is -0.412. The summed E-state index contributed by atoms with van der Waals surface area (Å²) in [6.45, 7) is 17.3. The summed E-state index contributed by atoms with van der Waals surface area (Å²) in [6, 6.07) is 49.4. The monoisotopic (exact) mass is 1780 g/mol. The average Bonchev–Trinajstić information content (AvgIpc) is 1.40. The second-order valence-corrected chi connectivity index (χ2v) is 39.8. The third kappa shape index (κ3) is 33.1. The predicted molar refractivity (Wildman–Crippen MR) is 419 cm³/mol. The van der Waals surface area contributed by atoms with Crippen molar-refractivity contribution in [3.05, 3.63) is 300 Å². The van der Waals surface area contributed by atoms with Crippen LogP contribution in [0.25, 0.3) is 62.5 Å². The number of aryl methyl sites for hydroxylation is 5. The molecule has 574 valence electrons. The quantitative estimate of drug-likeness (QED) is 0.0521. The van der Waals surface area contributed by atoms with Crippen molar-refractivity contribution in [2.45, 2.75) is 113 Å². The maximum absolute atomic E-state index is 14.9. The number of rotatable bonds is 17. The number of pyridine rings is 1. The SMILES string of the molecule is CC(C)(C)c1nc(-c2[c-]cccc2)cs1.CCC[CH2][Sn]([CH2]CCC)([CH2]CCC)[c]1cc(F)cc(F)c1-n1cccn1.Cc1cc[c-]c(-c2nccn2C)c1.Cc1cc[c-]c(-c2nccn2C)c1.Cn1ccnc1-c1[c-]cc(F)nc1F.Fc1c[c-]c(-n2cccn2)c(F)c1.Fc1c[c-]c(-n2cccn2)c(F)c1.[Cl-].[Cl][Zn+].[Li+].[Li+].[Li+].[Mg+2].[Na+]. The third-order valence-corrected chi connectivity index (χ3v) is 33.3. The molecule has 6 aromatic carbocycles. The smallest absolute Gasteiger partial charge is 1.00 e. The number of benzene rings is 6. The molecule has 115 heavy (non-hydrogen) atoms. The van der Waals surface area contributed by atoms with Gasteiger partial charge in [0.1, 0.15) is 11.9 Å². The largest absolute Gasteiger partial charge is 2.00 e. The number of imidazole rings is 3. The molecule has 0 aliphatic heterocycles. The number of thiazole rings is 1. The summed E-state index contributed by atoms with van der Waals surface area (Å²) in [5.74, 6) is -3.07. The molecule has 0 aliphatic carbocycles. The van der Waals surface area contributed by atoms with Gasteiger partial charge in [-0.15, -0.1) is 148 Å². The number of nitrogens with zero attached hydrogens (tertiary/aromatic N) is 14. The molecule has 0 spiro atoms. The van der Waals surface area contributed by atoms with Gasteiger partial charge in [0.25, 0.3) is 0 Å². The molecule has 0 atom stereocenters. The van der Waals surface area contributed by atoms with Crippen LogP contribution in [0.1, 0.15) is 96.2 Å². The maximum Gasteiger partial charge on any atom is 2.00 e. The van der Waals surface area contributed by atoms with Crippen molar-refractivity contribution in [3.63, 3.8) is 0 Å². The zero-order valence-electron chi connectivity index (χ0n) is 67.8. The van der Waals surface area contributed by atoms with Gasteiger partial charge >= 0.3 is 297 Å². The van der Waals surface area contributed by atoms with Gasteiger partial charge < -0.3 is 26.1 Å². The molecule has 32 heteroatoms. The van der Waals surface area contributed by atoms with E-state index in [4.69, 9.17) is 9.69 Å². The summed E-state index contributed by atoms with van der Waals surface area (Å²) in [6.07, 6.45) is 27.1. The fourth-order valence-electron chi connectivity index (χ4n) is 11.1. The Kier molecular flexibility index (Phi) is 51.6. The Morgan fingerprint density at radius 3 is 1.29 bits per heavy atom. The Morgan fingerprint density at radius 2 is 0.922 bits per heavy atom. The van der Waals surface area contributed by atoms with Crippen molar-refractivity contribution in [2.75, 3.05) is 0 Å². The second kappa shape index (κ2) is 55.2. The summed E-state index contributed by atoms with van der Waals surface area (Å²) in [7, 11) is 10.4. The molecule has 0 amide bonds. The number of halogens is 10. The van der Waals surface area contributed by atoms with Crippen LogP contribution in [0.5, 0.6) is 0 Å². The predicted octanol–water partition coefficient (Wildman–Crippen LogP) is 5.29. The van der Waals surface area contributed by atoms with Crippen LogP contribution in [-0.4, -0.2) is 109 Å². The Balaban J connectivity index is 0.000000673. The molecule has 14 nitrogen and oxygen atoms in total. The molecule has 0 unspecified atom stereocenters. The Labute approximate surface area is 773 Å². The Hall–Kier alpha value is -5.64. The van der Waals surface area contributed by atoms with E-state index >= 15 is 0 Å². The van der Waals surface area contributed by atoms with E-state index in [9.17, 15) is 35.1 Å². The van der Waals surface area contributed by atoms with Crippen LogP contribution in [-0.2, 0) is 43.9 Å². The van der Waals surface area contributed by atoms with Gasteiger partial charge in [-0.2, -0.15) is 22.3 Å². The first-order valence-corrected chi connectivity index (χ1v) is 47.2. The first kappa shape index (κ1) is 107. The zero-order valence-corrected chi connectivity index (χ0v) is 79.3. The van der Waals surface area contributed by atoms with Gasteiger partial charge in [0.2, 0.25) is 0 Å². The average molecular weight is 1780 g/mol. The fraction of sp³-hybridized carbons (Fsp3) is 0.253. The molecule has 0 bridgehead atoms. The van der Waals surface area contributed by atoms with E-state index in [1.165, 1.54) is 57.4 Å². The van der Waals surface area contributed by atoms with Gasteiger partial charge in [-0.1, -0.05) is 46.2 Å². The van der Waals surface area contributed by atoms with Gasteiger partial charge in [-0.3, -0.25) is 51.8 Å². The van der Waals surface area contributed by atoms with Gasteiger partial charge in [-0.25, -0.2) is 8.78 Å². The van der Waals surface area contributed by atoms with E-state index in [0.29, 0.717) is 11.5 Å². The summed E-state index contributed by atoms with van der Waals surface area (Å²) < 4.78 is 120. The molecule has 0 aliphatic rings. The van der Waals surface area contributed by atoms with E-state index < -0.39 is 65.2 Å². The minimum Gasteiger partial charge on any atom is 1.00 e. The molecule has 0 saturated carbocycles. The first-order valence-electron chi connectivity index (χ1n) is 35.0. The van der Waals surface area contributed by atoms with Crippen molar-refractivity contribution in [1.29, 1.82) is 0 Å². The number of hydrogen-bond acceptors (Lipinski definition) is 9. The number of aromatic nitrogens is 14. The first-order chi connectivity index (χ1) is 52.4. The van der Waals surface area contributed by atoms with Crippen molar-refractivity contribution in [3.8, 4) is 62.5 Å². The molecule has 0 fully saturated rings. The van der Waals surface area contributed by atoms with E-state index in [2.05, 4.69) is 150 Å².